The number of ether oxygens (including phenoxy) is 2. The van der Waals surface area contributed by atoms with Crippen LogP contribution in [-0.4, -0.2) is 75.3 Å². The van der Waals surface area contributed by atoms with Crippen LogP contribution in [0.2, 0.25) is 0 Å². The molecule has 1 spiro atoms. The standard InChI is InChI=1S/C39H46F3N5O4S/c1-24-8-6-9-25(2)32(24)30-19-31-44-34(43-30)45-52-29-11-7-10-26(18-29)33(48)47(28(23-50-31)22-38(12-13-38)39(40,41)42)27-20-37(21-27)14-16-46(17-15-37)35(49)51-36(3,4)5/h6-11,18-19,27-28H,12-17,20-23H2,1-5H3,(H,43,44,45). The molecular formula is C39H46F3N5O4S. The molecule has 1 aromatic heterocycles. The number of benzene rings is 2. The van der Waals surface area contributed by atoms with Crippen LogP contribution in [0.25, 0.3) is 11.3 Å². The zero-order valence-electron chi connectivity index (χ0n) is 30.3. The minimum Gasteiger partial charge on any atom is -0.475 e. The minimum atomic E-state index is -4.41. The van der Waals surface area contributed by atoms with E-state index in [9.17, 15) is 22.8 Å². The van der Waals surface area contributed by atoms with Gasteiger partial charge in [-0.25, -0.2) is 9.78 Å². The Labute approximate surface area is 307 Å². The molecule has 2 aliphatic carbocycles. The molecule has 2 amide bonds. The molecule has 1 atom stereocenters. The number of likely N-dealkylation sites (tertiary alicyclic amines) is 1. The van der Waals surface area contributed by atoms with Crippen LogP contribution in [0.3, 0.4) is 0 Å². The Hall–Kier alpha value is -4.00. The van der Waals surface area contributed by atoms with E-state index in [1.165, 1.54) is 11.9 Å². The summed E-state index contributed by atoms with van der Waals surface area (Å²) in [5.41, 5.74) is 1.41. The lowest BCUT2D eigenvalue weighted by Gasteiger charge is -2.56. The summed E-state index contributed by atoms with van der Waals surface area (Å²) in [6.45, 7) is 10.4. The molecule has 0 radical (unpaired) electrons. The first-order valence-electron chi connectivity index (χ1n) is 18.0. The summed E-state index contributed by atoms with van der Waals surface area (Å²) < 4.78 is 59.0. The molecule has 2 aromatic carbocycles. The molecule has 1 saturated heterocycles. The van der Waals surface area contributed by atoms with E-state index < -0.39 is 23.2 Å². The second-order valence-corrected chi connectivity index (χ2v) is 17.0. The van der Waals surface area contributed by atoms with Gasteiger partial charge >= 0.3 is 12.3 Å². The van der Waals surface area contributed by atoms with Crippen molar-refractivity contribution in [2.24, 2.45) is 10.8 Å². The van der Waals surface area contributed by atoms with Crippen LogP contribution in [0.15, 0.2) is 53.4 Å². The third-order valence-electron chi connectivity index (χ3n) is 11.1. The zero-order valence-corrected chi connectivity index (χ0v) is 31.1. The molecule has 1 N–H and O–H groups in total. The number of fused-ring (bicyclic) bond motifs is 4. The molecule has 3 fully saturated rings. The van der Waals surface area contributed by atoms with Gasteiger partial charge in [0.1, 0.15) is 12.2 Å². The number of carbonyl (C=O) groups excluding carboxylic acids is 2. The highest BCUT2D eigenvalue weighted by Gasteiger charge is 2.64. The molecule has 4 bridgehead atoms. The first kappa shape index (κ1) is 36.4. The lowest BCUT2D eigenvalue weighted by Crippen LogP contribution is -2.60. The Morgan fingerprint density at radius 2 is 1.67 bits per heavy atom. The van der Waals surface area contributed by atoms with Gasteiger partial charge in [0.05, 0.1) is 17.2 Å². The summed E-state index contributed by atoms with van der Waals surface area (Å²) in [6.07, 6.45) is -2.21. The quantitative estimate of drug-likeness (QED) is 0.265. The van der Waals surface area contributed by atoms with E-state index in [-0.39, 0.29) is 61.2 Å². The highest BCUT2D eigenvalue weighted by Crippen LogP contribution is 2.61. The summed E-state index contributed by atoms with van der Waals surface area (Å²) in [5, 5.41) is 0. The number of rotatable bonds is 4. The normalized spacial score (nSPS) is 21.5. The lowest BCUT2D eigenvalue weighted by molar-refractivity contribution is -0.194. The van der Waals surface area contributed by atoms with Crippen LogP contribution in [0, 0.1) is 24.7 Å². The first-order chi connectivity index (χ1) is 24.5. The van der Waals surface area contributed by atoms with Crippen LogP contribution in [0.1, 0.15) is 87.2 Å². The van der Waals surface area contributed by atoms with E-state index >= 15 is 0 Å². The largest absolute Gasteiger partial charge is 0.475 e. The van der Waals surface area contributed by atoms with Crippen molar-refractivity contribution in [1.29, 1.82) is 0 Å². The van der Waals surface area contributed by atoms with Gasteiger partial charge in [-0.15, -0.1) is 0 Å². The number of anilines is 1. The van der Waals surface area contributed by atoms with Gasteiger partial charge in [0, 0.05) is 41.2 Å². The number of hydrogen-bond acceptors (Lipinski definition) is 8. The minimum absolute atomic E-state index is 0.0224. The van der Waals surface area contributed by atoms with E-state index in [1.54, 1.807) is 34.1 Å². The highest BCUT2D eigenvalue weighted by atomic mass is 32.2. The number of hydrogen-bond donors (Lipinski definition) is 1. The van der Waals surface area contributed by atoms with Crippen molar-refractivity contribution in [3.8, 4) is 17.1 Å². The topological polar surface area (TPSA) is 96.9 Å². The third-order valence-corrected chi connectivity index (χ3v) is 11.9. The number of halogens is 3. The number of nitrogens with one attached hydrogen (secondary N) is 1. The van der Waals surface area contributed by atoms with E-state index in [0.29, 0.717) is 37.2 Å². The Morgan fingerprint density at radius 1 is 1.00 bits per heavy atom. The zero-order chi connectivity index (χ0) is 37.1. The van der Waals surface area contributed by atoms with Gasteiger partial charge in [0.15, 0.2) is 0 Å². The van der Waals surface area contributed by atoms with Crippen molar-refractivity contribution in [2.45, 2.75) is 108 Å². The number of alkyl halides is 3. The van der Waals surface area contributed by atoms with Gasteiger partial charge in [0.2, 0.25) is 11.8 Å². The van der Waals surface area contributed by atoms with Crippen molar-refractivity contribution >= 4 is 29.9 Å². The average molecular weight is 738 g/mol. The fourth-order valence-electron chi connectivity index (χ4n) is 8.13. The van der Waals surface area contributed by atoms with Crippen LogP contribution in [0.4, 0.5) is 23.9 Å². The van der Waals surface area contributed by atoms with Crippen molar-refractivity contribution in [1.82, 2.24) is 19.8 Å². The number of nitrogens with zero attached hydrogens (tertiary/aromatic N) is 4. The van der Waals surface area contributed by atoms with Gasteiger partial charge in [-0.1, -0.05) is 24.3 Å². The molecule has 2 aliphatic heterocycles. The molecule has 7 rings (SSSR count). The Balaban J connectivity index is 1.22. The second-order valence-electron chi connectivity index (χ2n) is 16.1. The maximum atomic E-state index is 14.6. The van der Waals surface area contributed by atoms with Crippen molar-refractivity contribution < 1.29 is 32.2 Å². The SMILES string of the molecule is Cc1cccc(C)c1-c1cc2nc(n1)NSc1cccc(c1)C(=O)N(C1CC3(CCN(C(=O)OC(C)(C)C)CC3)C1)C(CC1(C(F)(F)F)CC1)CO2. The maximum absolute atomic E-state index is 14.6. The molecule has 278 valence electrons. The average Bonchev–Trinajstić information content (AvgIpc) is 3.86. The van der Waals surface area contributed by atoms with Gasteiger partial charge in [0.25, 0.3) is 5.91 Å². The monoisotopic (exact) mass is 737 g/mol. The van der Waals surface area contributed by atoms with Gasteiger partial charge < -0.3 is 19.3 Å². The first-order valence-corrected chi connectivity index (χ1v) is 18.8. The summed E-state index contributed by atoms with van der Waals surface area (Å²) >= 11 is 1.25. The van der Waals surface area contributed by atoms with Crippen molar-refractivity contribution in [3.05, 3.63) is 65.2 Å². The van der Waals surface area contributed by atoms with Crippen LogP contribution < -0.4 is 9.46 Å². The molecule has 1 unspecified atom stereocenters. The molecule has 2 saturated carbocycles. The fourth-order valence-corrected chi connectivity index (χ4v) is 8.76. The number of aromatic nitrogens is 2. The predicted octanol–water partition coefficient (Wildman–Crippen LogP) is 9.00. The van der Waals surface area contributed by atoms with Crippen LogP contribution >= 0.6 is 11.9 Å². The molecule has 52 heavy (non-hydrogen) atoms. The number of amides is 2. The smallest absolute Gasteiger partial charge is 0.410 e. The molecule has 4 aliphatic rings. The summed E-state index contributed by atoms with van der Waals surface area (Å²) in [6, 6.07) is 13.7. The maximum Gasteiger partial charge on any atom is 0.410 e. The van der Waals surface area contributed by atoms with Crippen LogP contribution in [-0.2, 0) is 4.74 Å². The molecular weight excluding hydrogens is 692 g/mol. The van der Waals surface area contributed by atoms with Crippen molar-refractivity contribution in [2.75, 3.05) is 24.4 Å². The van der Waals surface area contributed by atoms with Gasteiger partial charge in [-0.2, -0.15) is 18.2 Å². The fraction of sp³-hybridized carbons (Fsp3) is 0.538. The second kappa shape index (κ2) is 13.4. The summed E-state index contributed by atoms with van der Waals surface area (Å²) in [4.78, 5) is 41.0. The van der Waals surface area contributed by atoms with Gasteiger partial charge in [-0.05, 0) is 126 Å². The van der Waals surface area contributed by atoms with E-state index in [4.69, 9.17) is 14.5 Å². The summed E-state index contributed by atoms with van der Waals surface area (Å²) in [5.74, 6) is 0.195. The lowest BCUT2D eigenvalue weighted by atomic mass is 9.59. The Morgan fingerprint density at radius 3 is 2.31 bits per heavy atom. The number of carbonyl (C=O) groups is 2. The van der Waals surface area contributed by atoms with Crippen LogP contribution in [0.5, 0.6) is 5.88 Å². The summed E-state index contributed by atoms with van der Waals surface area (Å²) in [7, 11) is 0. The predicted molar refractivity (Wildman–Crippen MR) is 193 cm³/mol. The molecule has 13 heteroatoms. The third kappa shape index (κ3) is 7.43. The number of aryl methyl sites for hydroxylation is 2. The molecule has 3 heterocycles. The molecule has 3 aromatic rings. The number of piperidine rings is 1. The molecule has 9 nitrogen and oxygen atoms in total. The Kier molecular flexibility index (Phi) is 9.40. The van der Waals surface area contributed by atoms with Gasteiger partial charge in [-0.3, -0.25) is 9.52 Å². The van der Waals surface area contributed by atoms with E-state index in [2.05, 4.69) is 9.71 Å². The van der Waals surface area contributed by atoms with E-state index in [1.807, 2.05) is 58.9 Å². The highest BCUT2D eigenvalue weighted by molar-refractivity contribution is 8.00. The van der Waals surface area contributed by atoms with Crippen molar-refractivity contribution in [3.63, 3.8) is 0 Å². The Bertz CT molecular complexity index is 1820. The van der Waals surface area contributed by atoms with E-state index in [0.717, 1.165) is 34.4 Å².